The van der Waals surface area contributed by atoms with Gasteiger partial charge in [-0.05, 0) is 41.9 Å². The number of hydrogen-bond donors (Lipinski definition) is 1. The molecule has 1 aromatic carbocycles. The van der Waals surface area contributed by atoms with Gasteiger partial charge in [0.15, 0.2) is 0 Å². The van der Waals surface area contributed by atoms with E-state index in [-0.39, 0.29) is 11.4 Å². The number of amides is 2. The molecule has 0 aromatic heterocycles. The number of hydrogen-bond acceptors (Lipinski definition) is 2. The van der Waals surface area contributed by atoms with Gasteiger partial charge in [-0.3, -0.25) is 0 Å². The van der Waals surface area contributed by atoms with Crippen molar-refractivity contribution in [1.82, 2.24) is 10.2 Å². The topological polar surface area (TPSA) is 41.6 Å². The van der Waals surface area contributed by atoms with Crippen molar-refractivity contribution >= 4 is 6.03 Å². The molecule has 1 aliphatic rings. The number of nitrogens with one attached hydrogen (secondary N) is 1. The number of ether oxygens (including phenoxy) is 1. The lowest BCUT2D eigenvalue weighted by atomic mass is 9.87. The summed E-state index contributed by atoms with van der Waals surface area (Å²) in [5.41, 5.74) is 1.36. The highest BCUT2D eigenvalue weighted by Crippen LogP contribution is 2.25. The Morgan fingerprint density at radius 1 is 1.30 bits per heavy atom. The fourth-order valence-electron chi connectivity index (χ4n) is 2.70. The van der Waals surface area contributed by atoms with Gasteiger partial charge in [0.1, 0.15) is 12.4 Å². The van der Waals surface area contributed by atoms with Crippen molar-refractivity contribution in [1.29, 1.82) is 0 Å². The summed E-state index contributed by atoms with van der Waals surface area (Å²) in [7, 11) is 0. The summed E-state index contributed by atoms with van der Waals surface area (Å²) in [6.07, 6.45) is 2.20. The molecule has 128 valence electrons. The summed E-state index contributed by atoms with van der Waals surface area (Å²) in [6, 6.07) is 8.20. The number of urea groups is 1. The van der Waals surface area contributed by atoms with Crippen LogP contribution in [0.3, 0.4) is 0 Å². The average molecular weight is 318 g/mol. The zero-order valence-electron chi connectivity index (χ0n) is 14.9. The lowest BCUT2D eigenvalue weighted by molar-refractivity contribution is 0.172. The lowest BCUT2D eigenvalue weighted by Crippen LogP contribution is -2.45. The molecule has 1 aliphatic heterocycles. The molecule has 1 saturated heterocycles. The Hall–Kier alpha value is -1.71. The molecule has 4 nitrogen and oxygen atoms in total. The molecule has 4 heteroatoms. The minimum atomic E-state index is 0.0314. The van der Waals surface area contributed by atoms with Crippen molar-refractivity contribution in [2.24, 2.45) is 5.92 Å². The van der Waals surface area contributed by atoms with Crippen LogP contribution < -0.4 is 10.1 Å². The quantitative estimate of drug-likeness (QED) is 0.858. The monoisotopic (exact) mass is 318 g/mol. The first-order valence-corrected chi connectivity index (χ1v) is 8.62. The summed E-state index contributed by atoms with van der Waals surface area (Å²) in [5.74, 6) is 1.59. The van der Waals surface area contributed by atoms with Gasteiger partial charge in [0.2, 0.25) is 0 Å². The fourth-order valence-corrected chi connectivity index (χ4v) is 2.70. The number of nitrogens with zero attached hydrogens (tertiary/aromatic N) is 1. The van der Waals surface area contributed by atoms with Gasteiger partial charge >= 0.3 is 6.03 Å². The molecule has 2 amide bonds. The lowest BCUT2D eigenvalue weighted by Gasteiger charge is -2.30. The Labute approximate surface area is 140 Å². The minimum absolute atomic E-state index is 0.0314. The third-order valence-electron chi connectivity index (χ3n) is 4.42. The molecule has 0 spiro atoms. The molecule has 23 heavy (non-hydrogen) atoms. The van der Waals surface area contributed by atoms with E-state index in [2.05, 4.69) is 45.1 Å². The van der Waals surface area contributed by atoms with Crippen LogP contribution in [0.4, 0.5) is 4.79 Å². The summed E-state index contributed by atoms with van der Waals surface area (Å²) in [5, 5.41) is 2.94. The number of rotatable bonds is 4. The van der Waals surface area contributed by atoms with Crippen LogP contribution >= 0.6 is 0 Å². The average Bonchev–Trinajstić information content (AvgIpc) is 2.51. The summed E-state index contributed by atoms with van der Waals surface area (Å²) in [6.45, 7) is 11.6. The number of carbonyl (C=O) groups excluding carboxylic acids is 1. The number of carbonyl (C=O) groups is 1. The van der Waals surface area contributed by atoms with Crippen LogP contribution in [-0.4, -0.2) is 37.2 Å². The van der Waals surface area contributed by atoms with Crippen LogP contribution in [0.5, 0.6) is 5.75 Å². The van der Waals surface area contributed by atoms with Gasteiger partial charge in [0, 0.05) is 13.1 Å². The van der Waals surface area contributed by atoms with E-state index in [9.17, 15) is 4.79 Å². The molecule has 1 fully saturated rings. The predicted octanol–water partition coefficient (Wildman–Crippen LogP) is 3.80. The van der Waals surface area contributed by atoms with Crippen molar-refractivity contribution in [2.75, 3.05) is 26.2 Å². The van der Waals surface area contributed by atoms with Crippen molar-refractivity contribution in [3.63, 3.8) is 0 Å². The smallest absolute Gasteiger partial charge is 0.317 e. The fraction of sp³-hybridized carbons (Fsp3) is 0.632. The second-order valence-corrected chi connectivity index (χ2v) is 7.53. The Kier molecular flexibility index (Phi) is 5.91. The molecule has 1 heterocycles. The van der Waals surface area contributed by atoms with Crippen LogP contribution in [0.1, 0.15) is 46.1 Å². The van der Waals surface area contributed by atoms with E-state index in [1.165, 1.54) is 5.56 Å². The van der Waals surface area contributed by atoms with Gasteiger partial charge in [0.25, 0.3) is 0 Å². The number of likely N-dealkylation sites (tertiary alicyclic amines) is 1. The van der Waals surface area contributed by atoms with Gasteiger partial charge in [-0.1, -0.05) is 39.8 Å². The van der Waals surface area contributed by atoms with E-state index in [0.717, 1.165) is 37.6 Å². The highest BCUT2D eigenvalue weighted by Gasteiger charge is 2.19. The molecule has 0 saturated carbocycles. The summed E-state index contributed by atoms with van der Waals surface area (Å²) < 4.78 is 5.76. The molecule has 0 atom stereocenters. The normalized spacial score (nSPS) is 16.3. The molecule has 0 unspecified atom stereocenters. The third-order valence-corrected chi connectivity index (χ3v) is 4.42. The Balaban J connectivity index is 1.72. The maximum Gasteiger partial charge on any atom is 0.317 e. The van der Waals surface area contributed by atoms with E-state index in [1.54, 1.807) is 0 Å². The molecule has 1 aromatic rings. The van der Waals surface area contributed by atoms with Gasteiger partial charge in [-0.25, -0.2) is 4.79 Å². The van der Waals surface area contributed by atoms with Crippen LogP contribution in [0.2, 0.25) is 0 Å². The first-order valence-electron chi connectivity index (χ1n) is 8.62. The third kappa shape index (κ3) is 5.45. The van der Waals surface area contributed by atoms with Crippen LogP contribution in [0, 0.1) is 5.92 Å². The maximum absolute atomic E-state index is 12.1. The first kappa shape index (κ1) is 17.6. The molecule has 0 aliphatic carbocycles. The zero-order chi connectivity index (χ0) is 16.9. The van der Waals surface area contributed by atoms with Crippen molar-refractivity contribution in [3.8, 4) is 5.75 Å². The molecular weight excluding hydrogens is 288 g/mol. The molecular formula is C19H30N2O2. The molecule has 1 N–H and O–H groups in total. The van der Waals surface area contributed by atoms with E-state index in [1.807, 2.05) is 17.0 Å². The Bertz CT molecular complexity index is 514. The van der Waals surface area contributed by atoms with Crippen molar-refractivity contribution in [3.05, 3.63) is 29.8 Å². The Morgan fingerprint density at radius 3 is 2.65 bits per heavy atom. The largest absolute Gasteiger partial charge is 0.492 e. The zero-order valence-corrected chi connectivity index (χ0v) is 14.9. The number of benzene rings is 1. The highest BCUT2D eigenvalue weighted by atomic mass is 16.5. The SMILES string of the molecule is CC1CCN(C(=O)NCCOc2cccc(C(C)(C)C)c2)CC1. The first-order chi connectivity index (χ1) is 10.9. The molecule has 2 rings (SSSR count). The van der Waals surface area contributed by atoms with Gasteiger partial charge in [-0.15, -0.1) is 0 Å². The van der Waals surface area contributed by atoms with Crippen LogP contribution in [0.25, 0.3) is 0 Å². The standard InChI is InChI=1S/C19H30N2O2/c1-15-8-11-21(12-9-15)18(22)20-10-13-23-17-7-5-6-16(14-17)19(2,3)4/h5-7,14-15H,8-13H2,1-4H3,(H,20,22). The van der Waals surface area contributed by atoms with Crippen molar-refractivity contribution in [2.45, 2.75) is 46.0 Å². The Morgan fingerprint density at radius 2 is 2.00 bits per heavy atom. The van der Waals surface area contributed by atoms with Crippen LogP contribution in [0.15, 0.2) is 24.3 Å². The van der Waals surface area contributed by atoms with Gasteiger partial charge < -0.3 is 15.0 Å². The predicted molar refractivity (Wildman–Crippen MR) is 94.0 cm³/mol. The van der Waals surface area contributed by atoms with Gasteiger partial charge in [-0.2, -0.15) is 0 Å². The summed E-state index contributed by atoms with van der Waals surface area (Å²) in [4.78, 5) is 14.0. The summed E-state index contributed by atoms with van der Waals surface area (Å²) >= 11 is 0. The number of piperidine rings is 1. The second kappa shape index (κ2) is 7.71. The highest BCUT2D eigenvalue weighted by molar-refractivity contribution is 5.74. The van der Waals surface area contributed by atoms with E-state index < -0.39 is 0 Å². The van der Waals surface area contributed by atoms with Crippen LogP contribution in [-0.2, 0) is 5.41 Å². The van der Waals surface area contributed by atoms with Gasteiger partial charge in [0.05, 0.1) is 6.54 Å². The van der Waals surface area contributed by atoms with Crippen molar-refractivity contribution < 1.29 is 9.53 Å². The van der Waals surface area contributed by atoms with E-state index in [0.29, 0.717) is 13.2 Å². The van der Waals surface area contributed by atoms with E-state index >= 15 is 0 Å². The molecule has 0 bridgehead atoms. The maximum atomic E-state index is 12.1. The van der Waals surface area contributed by atoms with E-state index in [4.69, 9.17) is 4.74 Å². The molecule has 0 radical (unpaired) electrons. The minimum Gasteiger partial charge on any atom is -0.492 e. The second-order valence-electron chi connectivity index (χ2n) is 7.53.